The molecule has 2 rings (SSSR count). The Morgan fingerprint density at radius 1 is 1.39 bits per heavy atom. The van der Waals surface area contributed by atoms with Gasteiger partial charge >= 0.3 is 0 Å². The SMILES string of the molecule is CCC1(Cn2cncc2CNC(C)(C)C)CCC1. The van der Waals surface area contributed by atoms with Crippen molar-refractivity contribution in [3.63, 3.8) is 0 Å². The van der Waals surface area contributed by atoms with Crippen molar-refractivity contribution in [2.24, 2.45) is 5.41 Å². The molecule has 18 heavy (non-hydrogen) atoms. The van der Waals surface area contributed by atoms with E-state index in [1.165, 1.54) is 31.4 Å². The summed E-state index contributed by atoms with van der Waals surface area (Å²) in [5.74, 6) is 0. The van der Waals surface area contributed by atoms with Gasteiger partial charge in [0, 0.05) is 24.8 Å². The van der Waals surface area contributed by atoms with Crippen molar-refractivity contribution in [3.8, 4) is 0 Å². The smallest absolute Gasteiger partial charge is 0.0948 e. The van der Waals surface area contributed by atoms with E-state index >= 15 is 0 Å². The van der Waals surface area contributed by atoms with Gasteiger partial charge in [-0.15, -0.1) is 0 Å². The van der Waals surface area contributed by atoms with E-state index in [9.17, 15) is 0 Å². The molecule has 102 valence electrons. The van der Waals surface area contributed by atoms with Gasteiger partial charge in [-0.3, -0.25) is 0 Å². The lowest BCUT2D eigenvalue weighted by molar-refractivity contribution is 0.0989. The highest BCUT2D eigenvalue weighted by molar-refractivity contribution is 5.01. The molecule has 1 N–H and O–H groups in total. The molecule has 0 bridgehead atoms. The van der Waals surface area contributed by atoms with Crippen molar-refractivity contribution in [3.05, 3.63) is 18.2 Å². The first-order valence-corrected chi connectivity index (χ1v) is 7.18. The molecule has 1 heterocycles. The molecular weight excluding hydrogens is 222 g/mol. The maximum Gasteiger partial charge on any atom is 0.0948 e. The largest absolute Gasteiger partial charge is 0.333 e. The molecule has 3 heteroatoms. The fourth-order valence-electron chi connectivity index (χ4n) is 2.66. The molecule has 0 amide bonds. The second-order valence-electron chi connectivity index (χ2n) is 6.82. The summed E-state index contributed by atoms with van der Waals surface area (Å²) in [7, 11) is 0. The lowest BCUT2D eigenvalue weighted by Crippen LogP contribution is -2.37. The summed E-state index contributed by atoms with van der Waals surface area (Å²) in [4.78, 5) is 4.32. The van der Waals surface area contributed by atoms with Gasteiger partial charge < -0.3 is 9.88 Å². The Hall–Kier alpha value is -0.830. The lowest BCUT2D eigenvalue weighted by Gasteiger charge is -2.42. The molecule has 0 spiro atoms. The van der Waals surface area contributed by atoms with Gasteiger partial charge in [-0.25, -0.2) is 4.98 Å². The number of aromatic nitrogens is 2. The first-order valence-electron chi connectivity index (χ1n) is 7.18. The van der Waals surface area contributed by atoms with Crippen molar-refractivity contribution >= 4 is 0 Å². The Bertz CT molecular complexity index is 377. The van der Waals surface area contributed by atoms with Crippen LogP contribution in [0.25, 0.3) is 0 Å². The summed E-state index contributed by atoms with van der Waals surface area (Å²) in [6, 6.07) is 0. The molecule has 0 radical (unpaired) electrons. The highest BCUT2D eigenvalue weighted by atomic mass is 15.1. The molecule has 1 aliphatic rings. The average Bonchev–Trinajstić information content (AvgIpc) is 2.67. The van der Waals surface area contributed by atoms with Gasteiger partial charge in [-0.2, -0.15) is 0 Å². The molecule has 0 atom stereocenters. The average molecular weight is 249 g/mol. The maximum atomic E-state index is 4.32. The number of hydrogen-bond acceptors (Lipinski definition) is 2. The van der Waals surface area contributed by atoms with Gasteiger partial charge in [0.15, 0.2) is 0 Å². The van der Waals surface area contributed by atoms with E-state index in [0.29, 0.717) is 5.41 Å². The zero-order valence-electron chi connectivity index (χ0n) is 12.3. The second-order valence-corrected chi connectivity index (χ2v) is 6.82. The Kier molecular flexibility index (Phi) is 3.81. The summed E-state index contributed by atoms with van der Waals surface area (Å²) in [6.45, 7) is 11.0. The van der Waals surface area contributed by atoms with Crippen LogP contribution in [0.3, 0.4) is 0 Å². The Morgan fingerprint density at radius 3 is 2.61 bits per heavy atom. The van der Waals surface area contributed by atoms with Gasteiger partial charge in [0.1, 0.15) is 0 Å². The number of nitrogens with one attached hydrogen (secondary N) is 1. The molecule has 1 saturated carbocycles. The lowest BCUT2D eigenvalue weighted by atomic mass is 9.67. The minimum atomic E-state index is 0.161. The van der Waals surface area contributed by atoms with Crippen LogP contribution in [0.5, 0.6) is 0 Å². The zero-order valence-corrected chi connectivity index (χ0v) is 12.3. The summed E-state index contributed by atoms with van der Waals surface area (Å²) < 4.78 is 2.35. The van der Waals surface area contributed by atoms with E-state index in [0.717, 1.165) is 13.1 Å². The van der Waals surface area contributed by atoms with Crippen molar-refractivity contribution in [2.75, 3.05) is 0 Å². The van der Waals surface area contributed by atoms with Crippen molar-refractivity contribution in [1.29, 1.82) is 0 Å². The molecular formula is C15H27N3. The van der Waals surface area contributed by atoms with Gasteiger partial charge in [0.2, 0.25) is 0 Å². The normalized spacial score (nSPS) is 18.7. The Balaban J connectivity index is 1.99. The molecule has 1 aromatic rings. The third-order valence-corrected chi connectivity index (χ3v) is 4.27. The topological polar surface area (TPSA) is 29.9 Å². The van der Waals surface area contributed by atoms with E-state index < -0.39 is 0 Å². The van der Waals surface area contributed by atoms with Crippen molar-refractivity contribution in [2.45, 2.75) is 72.0 Å². The van der Waals surface area contributed by atoms with Crippen LogP contribution in [0, 0.1) is 5.41 Å². The molecule has 0 aliphatic heterocycles. The fourth-order valence-corrected chi connectivity index (χ4v) is 2.66. The summed E-state index contributed by atoms with van der Waals surface area (Å²) in [6.07, 6.45) is 9.45. The van der Waals surface area contributed by atoms with E-state index in [-0.39, 0.29) is 5.54 Å². The number of hydrogen-bond donors (Lipinski definition) is 1. The molecule has 1 fully saturated rings. The Morgan fingerprint density at radius 2 is 2.11 bits per heavy atom. The van der Waals surface area contributed by atoms with Gasteiger partial charge in [0.25, 0.3) is 0 Å². The van der Waals surface area contributed by atoms with Crippen molar-refractivity contribution in [1.82, 2.24) is 14.9 Å². The molecule has 3 nitrogen and oxygen atoms in total. The van der Waals surface area contributed by atoms with Gasteiger partial charge in [-0.05, 0) is 45.4 Å². The van der Waals surface area contributed by atoms with Crippen LogP contribution in [-0.2, 0) is 13.1 Å². The molecule has 0 aromatic carbocycles. The minimum Gasteiger partial charge on any atom is -0.333 e. The predicted octanol–water partition coefficient (Wildman–Crippen LogP) is 3.35. The summed E-state index contributed by atoms with van der Waals surface area (Å²) in [5.41, 5.74) is 2.02. The van der Waals surface area contributed by atoms with Crippen molar-refractivity contribution < 1.29 is 0 Å². The predicted molar refractivity (Wildman–Crippen MR) is 75.4 cm³/mol. The van der Waals surface area contributed by atoms with E-state index in [1.54, 1.807) is 0 Å². The molecule has 1 aromatic heterocycles. The van der Waals surface area contributed by atoms with Crippen LogP contribution >= 0.6 is 0 Å². The van der Waals surface area contributed by atoms with E-state index in [4.69, 9.17) is 0 Å². The number of rotatable bonds is 5. The number of imidazole rings is 1. The Labute approximate surface area is 111 Å². The maximum absolute atomic E-state index is 4.32. The van der Waals surface area contributed by atoms with Crippen LogP contribution in [0.15, 0.2) is 12.5 Å². The summed E-state index contributed by atoms with van der Waals surface area (Å²) >= 11 is 0. The third-order valence-electron chi connectivity index (χ3n) is 4.27. The first-order chi connectivity index (χ1) is 8.44. The molecule has 0 unspecified atom stereocenters. The molecule has 0 saturated heterocycles. The molecule has 1 aliphatic carbocycles. The minimum absolute atomic E-state index is 0.161. The van der Waals surface area contributed by atoms with Crippen LogP contribution < -0.4 is 5.32 Å². The third kappa shape index (κ3) is 3.14. The standard InChI is InChI=1S/C15H27N3/c1-5-15(7-6-8-15)11-18-12-16-9-13(18)10-17-14(2,3)4/h9,12,17H,5-8,10-11H2,1-4H3. The first kappa shape index (κ1) is 13.6. The van der Waals surface area contributed by atoms with Crippen LogP contribution in [0.1, 0.15) is 59.1 Å². The van der Waals surface area contributed by atoms with Crippen LogP contribution in [0.4, 0.5) is 0 Å². The quantitative estimate of drug-likeness (QED) is 0.867. The van der Waals surface area contributed by atoms with Gasteiger partial charge in [0.05, 0.1) is 12.0 Å². The van der Waals surface area contributed by atoms with E-state index in [2.05, 4.69) is 42.6 Å². The van der Waals surface area contributed by atoms with Crippen LogP contribution in [-0.4, -0.2) is 15.1 Å². The van der Waals surface area contributed by atoms with Crippen LogP contribution in [0.2, 0.25) is 0 Å². The highest BCUT2D eigenvalue weighted by Gasteiger charge is 2.35. The summed E-state index contributed by atoms with van der Waals surface area (Å²) in [5, 5.41) is 3.54. The number of nitrogens with zero attached hydrogens (tertiary/aromatic N) is 2. The second kappa shape index (κ2) is 5.04. The highest BCUT2D eigenvalue weighted by Crippen LogP contribution is 2.45. The van der Waals surface area contributed by atoms with E-state index in [1.807, 2.05) is 12.5 Å². The van der Waals surface area contributed by atoms with Gasteiger partial charge in [-0.1, -0.05) is 13.3 Å². The monoisotopic (exact) mass is 249 g/mol. The fraction of sp³-hybridized carbons (Fsp3) is 0.800. The zero-order chi connectivity index (χ0) is 13.2.